The fourth-order valence-electron chi connectivity index (χ4n) is 2.16. The lowest BCUT2D eigenvalue weighted by molar-refractivity contribution is 0.340. The summed E-state index contributed by atoms with van der Waals surface area (Å²) in [5.74, 6) is 0.494. The van der Waals surface area contributed by atoms with E-state index in [4.69, 9.17) is 16.3 Å². The molecule has 1 unspecified atom stereocenters. The summed E-state index contributed by atoms with van der Waals surface area (Å²) in [4.78, 5) is 0. The lowest BCUT2D eigenvalue weighted by Gasteiger charge is -2.18. The Morgan fingerprint density at radius 3 is 2.45 bits per heavy atom. The van der Waals surface area contributed by atoms with Crippen LogP contribution in [0, 0.1) is 5.82 Å². The van der Waals surface area contributed by atoms with E-state index in [9.17, 15) is 4.39 Å². The number of benzene rings is 2. The largest absolute Gasteiger partial charge is 0.494 e. The van der Waals surface area contributed by atoms with E-state index in [2.05, 4.69) is 5.32 Å². The van der Waals surface area contributed by atoms with Gasteiger partial charge in [0.05, 0.1) is 12.6 Å². The van der Waals surface area contributed by atoms with Crippen molar-refractivity contribution < 1.29 is 9.13 Å². The third-order valence-corrected chi connectivity index (χ3v) is 3.32. The van der Waals surface area contributed by atoms with E-state index in [0.29, 0.717) is 17.2 Å². The Balaban J connectivity index is 2.31. The summed E-state index contributed by atoms with van der Waals surface area (Å²) in [6, 6.07) is 12.1. The standard InChI is InChI=1S/C16H17ClFNO/c1-3-20-13-7-4-11(5-8-13)16(19-2)14-9-6-12(17)10-15(14)18/h4-10,16,19H,3H2,1-2H3. The lowest BCUT2D eigenvalue weighted by atomic mass is 9.98. The van der Waals surface area contributed by atoms with E-state index in [-0.39, 0.29) is 11.9 Å². The van der Waals surface area contributed by atoms with E-state index < -0.39 is 0 Å². The summed E-state index contributed by atoms with van der Waals surface area (Å²) in [6.45, 7) is 2.56. The highest BCUT2D eigenvalue weighted by molar-refractivity contribution is 6.30. The Hall–Kier alpha value is -1.58. The summed E-state index contributed by atoms with van der Waals surface area (Å²) in [7, 11) is 1.80. The molecule has 20 heavy (non-hydrogen) atoms. The number of nitrogens with one attached hydrogen (secondary N) is 1. The van der Waals surface area contributed by atoms with Gasteiger partial charge >= 0.3 is 0 Å². The quantitative estimate of drug-likeness (QED) is 0.892. The highest BCUT2D eigenvalue weighted by Gasteiger charge is 2.16. The Kier molecular flexibility index (Phi) is 4.99. The first-order chi connectivity index (χ1) is 9.65. The Morgan fingerprint density at radius 1 is 1.20 bits per heavy atom. The molecule has 0 spiro atoms. The summed E-state index contributed by atoms with van der Waals surface area (Å²) in [5.41, 5.74) is 1.54. The molecule has 2 aromatic carbocycles. The van der Waals surface area contributed by atoms with Gasteiger partial charge in [-0.15, -0.1) is 0 Å². The second-order valence-corrected chi connectivity index (χ2v) is 4.83. The van der Waals surface area contributed by atoms with Crippen LogP contribution in [0.15, 0.2) is 42.5 Å². The van der Waals surface area contributed by atoms with Crippen LogP contribution in [0.2, 0.25) is 5.02 Å². The maximum atomic E-state index is 14.0. The smallest absolute Gasteiger partial charge is 0.129 e. The first kappa shape index (κ1) is 14.8. The van der Waals surface area contributed by atoms with Crippen molar-refractivity contribution in [2.45, 2.75) is 13.0 Å². The van der Waals surface area contributed by atoms with E-state index in [1.165, 1.54) is 6.07 Å². The highest BCUT2D eigenvalue weighted by atomic mass is 35.5. The molecule has 2 nitrogen and oxygen atoms in total. The van der Waals surface area contributed by atoms with Gasteiger partial charge in [0.15, 0.2) is 0 Å². The molecule has 2 aromatic rings. The van der Waals surface area contributed by atoms with Gasteiger partial charge in [0.1, 0.15) is 11.6 Å². The summed E-state index contributed by atoms with van der Waals surface area (Å²) in [6.07, 6.45) is 0. The van der Waals surface area contributed by atoms with Crippen LogP contribution in [0.1, 0.15) is 24.1 Å². The number of hydrogen-bond donors (Lipinski definition) is 1. The SMILES string of the molecule is CCOc1ccc(C(NC)c2ccc(Cl)cc2F)cc1. The molecular weight excluding hydrogens is 277 g/mol. The summed E-state index contributed by atoms with van der Waals surface area (Å²) in [5, 5.41) is 3.52. The lowest BCUT2D eigenvalue weighted by Crippen LogP contribution is -2.18. The molecule has 0 saturated heterocycles. The fraction of sp³-hybridized carbons (Fsp3) is 0.250. The van der Waals surface area contributed by atoms with Gasteiger partial charge in [-0.2, -0.15) is 0 Å². The Bertz CT molecular complexity index is 571. The average Bonchev–Trinajstić information content (AvgIpc) is 2.44. The molecule has 0 bridgehead atoms. The molecule has 0 saturated carbocycles. The van der Waals surface area contributed by atoms with Gasteiger partial charge in [-0.05, 0) is 43.8 Å². The third-order valence-electron chi connectivity index (χ3n) is 3.09. The van der Waals surface area contributed by atoms with Crippen molar-refractivity contribution in [3.8, 4) is 5.75 Å². The molecule has 0 heterocycles. The van der Waals surface area contributed by atoms with E-state index in [1.807, 2.05) is 31.2 Å². The van der Waals surface area contributed by atoms with Crippen LogP contribution in [-0.4, -0.2) is 13.7 Å². The van der Waals surface area contributed by atoms with E-state index >= 15 is 0 Å². The normalized spacial score (nSPS) is 12.2. The van der Waals surface area contributed by atoms with Gasteiger partial charge < -0.3 is 10.1 Å². The van der Waals surface area contributed by atoms with Gasteiger partial charge in [-0.1, -0.05) is 29.8 Å². The van der Waals surface area contributed by atoms with Crippen LogP contribution >= 0.6 is 11.6 Å². The van der Waals surface area contributed by atoms with Crippen LogP contribution in [0.3, 0.4) is 0 Å². The summed E-state index contributed by atoms with van der Waals surface area (Å²) >= 11 is 5.79. The van der Waals surface area contributed by atoms with E-state index in [0.717, 1.165) is 11.3 Å². The molecule has 2 rings (SSSR count). The van der Waals surface area contributed by atoms with Crippen molar-refractivity contribution in [1.29, 1.82) is 0 Å². The van der Waals surface area contributed by atoms with Crippen molar-refractivity contribution in [1.82, 2.24) is 5.32 Å². The zero-order chi connectivity index (χ0) is 14.5. The van der Waals surface area contributed by atoms with Crippen LogP contribution < -0.4 is 10.1 Å². The number of rotatable bonds is 5. The molecule has 0 amide bonds. The van der Waals surface area contributed by atoms with Crippen molar-refractivity contribution in [3.63, 3.8) is 0 Å². The minimum absolute atomic E-state index is 0.219. The van der Waals surface area contributed by atoms with Gasteiger partial charge in [0, 0.05) is 10.6 Å². The Labute approximate surface area is 123 Å². The number of ether oxygens (including phenoxy) is 1. The van der Waals surface area contributed by atoms with Gasteiger partial charge in [0.25, 0.3) is 0 Å². The summed E-state index contributed by atoms with van der Waals surface area (Å²) < 4.78 is 19.4. The number of hydrogen-bond acceptors (Lipinski definition) is 2. The number of halogens is 2. The first-order valence-electron chi connectivity index (χ1n) is 6.50. The van der Waals surface area contributed by atoms with Crippen LogP contribution in [0.5, 0.6) is 5.75 Å². The highest BCUT2D eigenvalue weighted by Crippen LogP contribution is 2.27. The second kappa shape index (κ2) is 6.73. The zero-order valence-corrected chi connectivity index (χ0v) is 12.2. The van der Waals surface area contributed by atoms with Crippen molar-refractivity contribution in [3.05, 3.63) is 64.4 Å². The fourth-order valence-corrected chi connectivity index (χ4v) is 2.32. The molecule has 0 aliphatic carbocycles. The van der Waals surface area contributed by atoms with Crippen molar-refractivity contribution in [2.24, 2.45) is 0 Å². The third kappa shape index (κ3) is 3.30. The molecule has 106 valence electrons. The maximum absolute atomic E-state index is 14.0. The second-order valence-electron chi connectivity index (χ2n) is 4.39. The van der Waals surface area contributed by atoms with Crippen LogP contribution in [-0.2, 0) is 0 Å². The molecule has 1 N–H and O–H groups in total. The predicted molar refractivity (Wildman–Crippen MR) is 79.9 cm³/mol. The van der Waals surface area contributed by atoms with Gasteiger partial charge in [-0.3, -0.25) is 0 Å². The van der Waals surface area contributed by atoms with Gasteiger partial charge in [-0.25, -0.2) is 4.39 Å². The molecule has 0 aliphatic heterocycles. The van der Waals surface area contributed by atoms with Crippen molar-refractivity contribution in [2.75, 3.05) is 13.7 Å². The zero-order valence-electron chi connectivity index (χ0n) is 11.5. The molecule has 0 aliphatic rings. The average molecular weight is 294 g/mol. The van der Waals surface area contributed by atoms with Gasteiger partial charge in [0.2, 0.25) is 0 Å². The Morgan fingerprint density at radius 2 is 1.90 bits per heavy atom. The molecule has 0 fully saturated rings. The van der Waals surface area contributed by atoms with Crippen LogP contribution in [0.4, 0.5) is 4.39 Å². The topological polar surface area (TPSA) is 21.3 Å². The van der Waals surface area contributed by atoms with Crippen LogP contribution in [0.25, 0.3) is 0 Å². The minimum atomic E-state index is -0.314. The predicted octanol–water partition coefficient (Wildman–Crippen LogP) is 4.19. The monoisotopic (exact) mass is 293 g/mol. The molecule has 0 radical (unpaired) electrons. The maximum Gasteiger partial charge on any atom is 0.129 e. The van der Waals surface area contributed by atoms with Crippen molar-refractivity contribution >= 4 is 11.6 Å². The first-order valence-corrected chi connectivity index (χ1v) is 6.88. The molecule has 0 aromatic heterocycles. The molecule has 4 heteroatoms. The minimum Gasteiger partial charge on any atom is -0.494 e. The molecule has 1 atom stereocenters. The van der Waals surface area contributed by atoms with E-state index in [1.54, 1.807) is 19.2 Å². The molecular formula is C16H17ClFNO.